The Morgan fingerprint density at radius 1 is 1.30 bits per heavy atom. The van der Waals surface area contributed by atoms with Crippen LogP contribution in [0.25, 0.3) is 11.5 Å². The fraction of sp³-hybridized carbons (Fsp3) is 0.368. The van der Waals surface area contributed by atoms with Crippen molar-refractivity contribution < 1.29 is 9.32 Å². The molecule has 3 aromatic rings. The number of hydrogen-bond donors (Lipinski definition) is 1. The van der Waals surface area contributed by atoms with Gasteiger partial charge in [0.25, 0.3) is 5.89 Å². The number of amides is 1. The minimum atomic E-state index is 0.0264. The van der Waals surface area contributed by atoms with Gasteiger partial charge < -0.3 is 9.84 Å². The smallest absolute Gasteiger partial charge is 0.257 e. The summed E-state index contributed by atoms with van der Waals surface area (Å²) in [5.41, 5.74) is 2.12. The van der Waals surface area contributed by atoms with E-state index >= 15 is 0 Å². The Morgan fingerprint density at radius 3 is 2.78 bits per heavy atom. The molecule has 0 bridgehead atoms. The van der Waals surface area contributed by atoms with Gasteiger partial charge in [0.2, 0.25) is 5.91 Å². The van der Waals surface area contributed by atoms with Crippen molar-refractivity contribution in [3.05, 3.63) is 47.2 Å². The lowest BCUT2D eigenvalue weighted by atomic mass is 9.96. The predicted octanol–water partition coefficient (Wildman–Crippen LogP) is 3.35. The second-order valence-corrected chi connectivity index (χ2v) is 7.65. The van der Waals surface area contributed by atoms with Crippen LogP contribution in [0.15, 0.2) is 40.4 Å². The van der Waals surface area contributed by atoms with Crippen LogP contribution in [0, 0.1) is 12.8 Å². The van der Waals surface area contributed by atoms with Crippen LogP contribution < -0.4 is 5.32 Å². The molecule has 27 heavy (non-hydrogen) atoms. The standard InChI is InChI=1S/C19H21N5O2S/c1-13-2-4-15(5-3-13)18-21-16(23-26-18)12-24-9-6-14(7-10-24)17(25)22-19-20-8-11-27-19/h2-5,8,11,14H,6-7,9-10,12H2,1H3,(H,20,22,25). The first kappa shape index (κ1) is 17.8. The van der Waals surface area contributed by atoms with Gasteiger partial charge in [-0.1, -0.05) is 22.9 Å². The lowest BCUT2D eigenvalue weighted by Gasteiger charge is -2.30. The fourth-order valence-electron chi connectivity index (χ4n) is 3.18. The molecule has 0 atom stereocenters. The number of piperidine rings is 1. The summed E-state index contributed by atoms with van der Waals surface area (Å²) in [5, 5.41) is 9.51. The molecule has 0 aliphatic carbocycles. The van der Waals surface area contributed by atoms with Gasteiger partial charge in [-0.2, -0.15) is 4.98 Å². The molecule has 1 aliphatic rings. The molecule has 3 heterocycles. The van der Waals surface area contributed by atoms with E-state index in [1.165, 1.54) is 16.9 Å². The molecule has 1 N–H and O–H groups in total. The predicted molar refractivity (Wildman–Crippen MR) is 103 cm³/mol. The van der Waals surface area contributed by atoms with E-state index in [9.17, 15) is 4.79 Å². The van der Waals surface area contributed by atoms with E-state index in [1.54, 1.807) is 6.20 Å². The quantitative estimate of drug-likeness (QED) is 0.727. The van der Waals surface area contributed by atoms with E-state index in [0.29, 0.717) is 23.4 Å². The molecule has 140 valence electrons. The number of carbonyl (C=O) groups is 1. The molecule has 0 spiro atoms. The van der Waals surface area contributed by atoms with Crippen molar-refractivity contribution in [3.63, 3.8) is 0 Å². The molecule has 0 radical (unpaired) electrons. The highest BCUT2D eigenvalue weighted by atomic mass is 32.1. The molecule has 8 heteroatoms. The van der Waals surface area contributed by atoms with Crippen LogP contribution in [0.2, 0.25) is 0 Å². The Balaban J connectivity index is 1.29. The van der Waals surface area contributed by atoms with Gasteiger partial charge in [0, 0.05) is 23.1 Å². The topological polar surface area (TPSA) is 84.2 Å². The number of carbonyl (C=O) groups excluding carboxylic acids is 1. The molecule has 1 amide bonds. The summed E-state index contributed by atoms with van der Waals surface area (Å²) in [6.07, 6.45) is 3.33. The van der Waals surface area contributed by atoms with Crippen LogP contribution in [-0.2, 0) is 11.3 Å². The second kappa shape index (κ2) is 7.98. The summed E-state index contributed by atoms with van der Waals surface area (Å²) in [7, 11) is 0. The van der Waals surface area contributed by atoms with Crippen LogP contribution in [0.1, 0.15) is 24.2 Å². The highest BCUT2D eigenvalue weighted by molar-refractivity contribution is 7.13. The van der Waals surface area contributed by atoms with E-state index < -0.39 is 0 Å². The van der Waals surface area contributed by atoms with Crippen molar-refractivity contribution >= 4 is 22.4 Å². The summed E-state index contributed by atoms with van der Waals surface area (Å²) in [6.45, 7) is 4.36. The summed E-state index contributed by atoms with van der Waals surface area (Å²) < 4.78 is 5.39. The molecule has 4 rings (SSSR count). The van der Waals surface area contributed by atoms with E-state index in [-0.39, 0.29) is 11.8 Å². The van der Waals surface area contributed by atoms with Crippen LogP contribution in [0.3, 0.4) is 0 Å². The molecule has 0 saturated carbocycles. The summed E-state index contributed by atoms with van der Waals surface area (Å²) in [4.78, 5) is 23.2. The zero-order chi connectivity index (χ0) is 18.6. The number of thiazole rings is 1. The number of nitrogens with one attached hydrogen (secondary N) is 1. The number of benzene rings is 1. The van der Waals surface area contributed by atoms with Gasteiger partial charge in [0.15, 0.2) is 11.0 Å². The van der Waals surface area contributed by atoms with Crippen LogP contribution in [0.4, 0.5) is 5.13 Å². The highest BCUT2D eigenvalue weighted by Gasteiger charge is 2.26. The minimum absolute atomic E-state index is 0.0264. The Kier molecular flexibility index (Phi) is 5.26. The SMILES string of the molecule is Cc1ccc(-c2nc(CN3CCC(C(=O)Nc4nccs4)CC3)no2)cc1. The monoisotopic (exact) mass is 383 g/mol. The molecule has 1 aromatic carbocycles. The van der Waals surface area contributed by atoms with Crippen LogP contribution >= 0.6 is 11.3 Å². The van der Waals surface area contributed by atoms with E-state index in [1.807, 2.05) is 36.6 Å². The molecule has 0 unspecified atom stereocenters. The second-order valence-electron chi connectivity index (χ2n) is 6.76. The van der Waals surface area contributed by atoms with Crippen molar-refractivity contribution in [3.8, 4) is 11.5 Å². The van der Waals surface area contributed by atoms with Gasteiger partial charge >= 0.3 is 0 Å². The molecule has 1 fully saturated rings. The highest BCUT2D eigenvalue weighted by Crippen LogP contribution is 2.22. The van der Waals surface area contributed by atoms with Gasteiger partial charge in [0.1, 0.15) is 0 Å². The minimum Gasteiger partial charge on any atom is -0.334 e. The first-order valence-corrected chi connectivity index (χ1v) is 9.88. The number of rotatable bonds is 5. The normalized spacial score (nSPS) is 15.7. The fourth-order valence-corrected chi connectivity index (χ4v) is 3.71. The molecule has 7 nitrogen and oxygen atoms in total. The van der Waals surface area contributed by atoms with E-state index in [0.717, 1.165) is 31.5 Å². The maximum atomic E-state index is 12.3. The number of anilines is 1. The molecular formula is C19H21N5O2S. The lowest BCUT2D eigenvalue weighted by Crippen LogP contribution is -2.38. The van der Waals surface area contributed by atoms with Gasteiger partial charge in [0.05, 0.1) is 6.54 Å². The molecule has 1 saturated heterocycles. The maximum Gasteiger partial charge on any atom is 0.257 e. The summed E-state index contributed by atoms with van der Waals surface area (Å²) in [5.74, 6) is 1.31. The largest absolute Gasteiger partial charge is 0.334 e. The average molecular weight is 383 g/mol. The number of aryl methyl sites for hydroxylation is 1. The number of nitrogens with zero attached hydrogens (tertiary/aromatic N) is 4. The number of aromatic nitrogens is 3. The Bertz CT molecular complexity index is 883. The third kappa shape index (κ3) is 4.40. The Morgan fingerprint density at radius 2 is 2.07 bits per heavy atom. The molecular weight excluding hydrogens is 362 g/mol. The van der Waals surface area contributed by atoms with E-state index in [4.69, 9.17) is 4.52 Å². The molecule has 2 aromatic heterocycles. The first-order valence-electron chi connectivity index (χ1n) is 9.00. The Labute approximate surface area is 161 Å². The summed E-state index contributed by atoms with van der Waals surface area (Å²) >= 11 is 1.44. The van der Waals surface area contributed by atoms with Crippen molar-refractivity contribution in [1.29, 1.82) is 0 Å². The first-order chi connectivity index (χ1) is 13.2. The van der Waals surface area contributed by atoms with Gasteiger partial charge in [-0.25, -0.2) is 4.98 Å². The average Bonchev–Trinajstić information content (AvgIpc) is 3.35. The van der Waals surface area contributed by atoms with Gasteiger partial charge in [-0.15, -0.1) is 11.3 Å². The Hall–Kier alpha value is -2.58. The lowest BCUT2D eigenvalue weighted by molar-refractivity contribution is -0.121. The van der Waals surface area contributed by atoms with Crippen molar-refractivity contribution in [2.75, 3.05) is 18.4 Å². The molecule has 1 aliphatic heterocycles. The zero-order valence-electron chi connectivity index (χ0n) is 15.1. The van der Waals surface area contributed by atoms with Crippen LogP contribution in [-0.4, -0.2) is 39.0 Å². The van der Waals surface area contributed by atoms with Crippen LogP contribution in [0.5, 0.6) is 0 Å². The maximum absolute atomic E-state index is 12.3. The van der Waals surface area contributed by atoms with Gasteiger partial charge in [-0.05, 0) is 45.0 Å². The van der Waals surface area contributed by atoms with Crippen molar-refractivity contribution in [2.45, 2.75) is 26.3 Å². The third-order valence-corrected chi connectivity index (χ3v) is 5.44. The van der Waals surface area contributed by atoms with Crippen molar-refractivity contribution in [2.24, 2.45) is 5.92 Å². The zero-order valence-corrected chi connectivity index (χ0v) is 15.9. The van der Waals surface area contributed by atoms with E-state index in [2.05, 4.69) is 25.3 Å². The van der Waals surface area contributed by atoms with Crippen molar-refractivity contribution in [1.82, 2.24) is 20.0 Å². The summed E-state index contributed by atoms with van der Waals surface area (Å²) in [6, 6.07) is 8.03. The number of likely N-dealkylation sites (tertiary alicyclic amines) is 1. The number of hydrogen-bond acceptors (Lipinski definition) is 7. The van der Waals surface area contributed by atoms with Gasteiger partial charge in [-0.3, -0.25) is 9.69 Å². The third-order valence-electron chi connectivity index (χ3n) is 4.75.